The molecule has 0 heterocycles. The topological polar surface area (TPSA) is 54.4 Å². The smallest absolute Gasteiger partial charge is 1.00 e. The minimum absolute atomic E-state index is 0. The van der Waals surface area contributed by atoms with Crippen molar-refractivity contribution in [1.29, 1.82) is 0 Å². The monoisotopic (exact) mass is 142 g/mol. The molecule has 0 aromatic rings. The molecule has 0 aliphatic rings. The summed E-state index contributed by atoms with van der Waals surface area (Å²) >= 11 is 0. The summed E-state index contributed by atoms with van der Waals surface area (Å²) in [6.45, 7) is 0. The Morgan fingerprint density at radius 3 is 1.67 bits per heavy atom. The largest absolute Gasteiger partial charge is 2.00 e. The van der Waals surface area contributed by atoms with Crippen LogP contribution < -0.4 is 0 Å². The van der Waals surface area contributed by atoms with E-state index in [1.54, 1.807) is 0 Å². The molecule has 0 saturated heterocycles. The maximum atomic E-state index is 10.2. The van der Waals surface area contributed by atoms with Gasteiger partial charge in [0.15, 0.2) is 0 Å². The van der Waals surface area contributed by atoms with E-state index in [4.69, 9.17) is 13.0 Å². The zero-order chi connectivity index (χ0) is 4.50. The second-order valence-electron chi connectivity index (χ2n) is 0.412. The van der Waals surface area contributed by atoms with Gasteiger partial charge < -0.3 is 2.85 Å². The summed E-state index contributed by atoms with van der Waals surface area (Å²) < 4.78 is 34.1. The van der Waals surface area contributed by atoms with E-state index in [9.17, 15) is 3.89 Å². The van der Waals surface area contributed by atoms with Crippen LogP contribution in [0.2, 0.25) is 0 Å². The SMILES string of the molecule is O=S(=O)(O)F.[Ca+2].[H-].[H-]. The Kier molecular flexibility index (Phi) is 5.33. The molecule has 0 unspecified atom stereocenters. The van der Waals surface area contributed by atoms with E-state index >= 15 is 0 Å². The van der Waals surface area contributed by atoms with Crippen LogP contribution in [0.4, 0.5) is 3.89 Å². The molecule has 0 aromatic carbocycles. The van der Waals surface area contributed by atoms with Gasteiger partial charge in [0.2, 0.25) is 0 Å². The molecule has 0 atom stereocenters. The Balaban J connectivity index is -0.0000000267. The standard InChI is InChI=1S/Ca.FHO3S.2H/c;1-5(2,3)4;;/h;(H,2,3,4);;/q+2;;2*-1. The summed E-state index contributed by atoms with van der Waals surface area (Å²) in [7, 11) is -5.17. The van der Waals surface area contributed by atoms with Gasteiger partial charge in [0, 0.05) is 0 Å². The van der Waals surface area contributed by atoms with Crippen LogP contribution in [0, 0.1) is 0 Å². The van der Waals surface area contributed by atoms with Crippen LogP contribution in [0.25, 0.3) is 0 Å². The quantitative estimate of drug-likeness (QED) is 0.284. The van der Waals surface area contributed by atoms with E-state index in [2.05, 4.69) is 0 Å². The molecule has 0 amide bonds. The summed E-state index contributed by atoms with van der Waals surface area (Å²) in [5, 5.41) is 0. The van der Waals surface area contributed by atoms with Gasteiger partial charge in [-0.3, -0.25) is 4.55 Å². The second kappa shape index (κ2) is 3.15. The third-order valence-corrected chi connectivity index (χ3v) is 0. The first-order valence-electron chi connectivity index (χ1n) is 0.670. The van der Waals surface area contributed by atoms with Crippen molar-refractivity contribution in [2.45, 2.75) is 0 Å². The second-order valence-corrected chi connectivity index (χ2v) is 1.24. The van der Waals surface area contributed by atoms with Crippen LogP contribution in [-0.4, -0.2) is 50.7 Å². The maximum Gasteiger partial charge on any atom is 2.00 e. The van der Waals surface area contributed by atoms with Crippen LogP contribution >= 0.6 is 0 Å². The summed E-state index contributed by atoms with van der Waals surface area (Å²) in [5.41, 5.74) is 0. The van der Waals surface area contributed by atoms with Gasteiger partial charge in [0.25, 0.3) is 0 Å². The van der Waals surface area contributed by atoms with Gasteiger partial charge in [-0.1, -0.05) is 3.89 Å². The number of hydrogen-bond acceptors (Lipinski definition) is 2. The normalized spacial score (nSPS) is 9.67. The van der Waals surface area contributed by atoms with Crippen molar-refractivity contribution >= 4 is 48.2 Å². The Morgan fingerprint density at radius 1 is 1.67 bits per heavy atom. The summed E-state index contributed by atoms with van der Waals surface area (Å²) in [6.07, 6.45) is 0. The van der Waals surface area contributed by atoms with Crippen molar-refractivity contribution in [3.8, 4) is 0 Å². The fourth-order valence-electron chi connectivity index (χ4n) is 0. The predicted octanol–water partition coefficient (Wildman–Crippen LogP) is -0.397. The van der Waals surface area contributed by atoms with E-state index in [1.165, 1.54) is 0 Å². The van der Waals surface area contributed by atoms with Crippen LogP contribution in [0.5, 0.6) is 0 Å². The van der Waals surface area contributed by atoms with Crippen molar-refractivity contribution in [3.63, 3.8) is 0 Å². The van der Waals surface area contributed by atoms with Crippen molar-refractivity contribution in [1.82, 2.24) is 0 Å². The maximum absolute atomic E-state index is 10.2. The first-order chi connectivity index (χ1) is 2.00. The molecule has 0 spiro atoms. The molecule has 3 nitrogen and oxygen atoms in total. The molecule has 0 rings (SSSR count). The van der Waals surface area contributed by atoms with E-state index in [-0.39, 0.29) is 40.6 Å². The third-order valence-electron chi connectivity index (χ3n) is 0. The van der Waals surface area contributed by atoms with Crippen molar-refractivity contribution in [3.05, 3.63) is 0 Å². The molecule has 0 aliphatic carbocycles. The zero-order valence-electron chi connectivity index (χ0n) is 4.76. The Hall–Kier alpha value is 1.10. The van der Waals surface area contributed by atoms with Crippen LogP contribution in [-0.2, 0) is 10.5 Å². The number of halogens is 1. The van der Waals surface area contributed by atoms with Gasteiger partial charge in [-0.15, -0.1) is 0 Å². The van der Waals surface area contributed by atoms with Gasteiger partial charge in [-0.05, 0) is 0 Å². The molecule has 6 heavy (non-hydrogen) atoms. The van der Waals surface area contributed by atoms with Gasteiger partial charge in [-0.25, -0.2) is 0 Å². The average molecular weight is 142 g/mol. The van der Waals surface area contributed by atoms with Crippen LogP contribution in [0.3, 0.4) is 0 Å². The minimum atomic E-state index is -5.17. The van der Waals surface area contributed by atoms with Crippen LogP contribution in [0.15, 0.2) is 0 Å². The van der Waals surface area contributed by atoms with Gasteiger partial charge in [-0.2, -0.15) is 8.42 Å². The molecule has 0 aromatic heterocycles. The summed E-state index contributed by atoms with van der Waals surface area (Å²) in [5.74, 6) is 0. The summed E-state index contributed by atoms with van der Waals surface area (Å²) in [4.78, 5) is 0. The molecule has 0 aliphatic heterocycles. The third kappa shape index (κ3) is 70.9. The molecule has 0 bridgehead atoms. The Morgan fingerprint density at radius 2 is 1.67 bits per heavy atom. The van der Waals surface area contributed by atoms with Crippen molar-refractivity contribution in [2.75, 3.05) is 0 Å². The van der Waals surface area contributed by atoms with Gasteiger partial charge in [0.1, 0.15) is 0 Å². The molecule has 6 heteroatoms. The van der Waals surface area contributed by atoms with E-state index < -0.39 is 10.5 Å². The van der Waals surface area contributed by atoms with Gasteiger partial charge >= 0.3 is 48.2 Å². The first kappa shape index (κ1) is 10.2. The molecule has 0 fully saturated rings. The van der Waals surface area contributed by atoms with Gasteiger partial charge in [0.05, 0.1) is 0 Å². The van der Waals surface area contributed by atoms with E-state index in [1.807, 2.05) is 0 Å². The first-order valence-corrected chi connectivity index (χ1v) is 2.01. The van der Waals surface area contributed by atoms with Crippen LogP contribution in [0.1, 0.15) is 2.85 Å². The molecule has 0 radical (unpaired) electrons. The number of hydrogen-bond donors (Lipinski definition) is 1. The molecule has 1 N–H and O–H groups in total. The van der Waals surface area contributed by atoms with Crippen molar-refractivity contribution in [2.24, 2.45) is 0 Å². The van der Waals surface area contributed by atoms with E-state index in [0.717, 1.165) is 0 Å². The zero-order valence-corrected chi connectivity index (χ0v) is 5.78. The molecule has 0 saturated carbocycles. The predicted molar refractivity (Wildman–Crippen MR) is 20.6 cm³/mol. The van der Waals surface area contributed by atoms with E-state index in [0.29, 0.717) is 0 Å². The van der Waals surface area contributed by atoms with Crippen molar-refractivity contribution < 1.29 is 19.7 Å². The molecule has 36 valence electrons. The fraction of sp³-hybridized carbons (Fsp3) is 0. The summed E-state index contributed by atoms with van der Waals surface area (Å²) in [6, 6.07) is 0. The Bertz CT molecular complexity index is 100. The minimum Gasteiger partial charge on any atom is -1.00 e. The molecular weight excluding hydrogens is 139 g/mol. The number of rotatable bonds is 0. The fourth-order valence-corrected chi connectivity index (χ4v) is 0. The average Bonchev–Trinajstić information content (AvgIpc) is 0.722. The Labute approximate surface area is 67.5 Å². The molecular formula is H3CaFO3S.